The number of hydrogen-bond donors (Lipinski definition) is 1. The van der Waals surface area contributed by atoms with E-state index in [1.807, 2.05) is 0 Å². The molecule has 1 saturated heterocycles. The van der Waals surface area contributed by atoms with Gasteiger partial charge in [0.2, 0.25) is 0 Å². The number of halogens is 1. The Morgan fingerprint density at radius 2 is 2.21 bits per heavy atom. The Morgan fingerprint density at radius 1 is 1.41 bits per heavy atom. The predicted molar refractivity (Wildman–Crippen MR) is 104 cm³/mol. The van der Waals surface area contributed by atoms with Crippen molar-refractivity contribution < 1.29 is 24.1 Å². The SMILES string of the molecule is COc1cn(C(CC2COCCO2)C(=O)O)c(=O)cc1-c1cc(Cl)ccc1C#N. The smallest absolute Gasteiger partial charge is 0.326 e. The van der Waals surface area contributed by atoms with Crippen LogP contribution in [0.3, 0.4) is 0 Å². The fraction of sp³-hybridized carbons (Fsp3) is 0.350. The largest absolute Gasteiger partial charge is 0.495 e. The molecular formula is C20H19ClN2O6. The van der Waals surface area contributed by atoms with Crippen LogP contribution in [0.25, 0.3) is 11.1 Å². The van der Waals surface area contributed by atoms with Crippen molar-refractivity contribution in [2.75, 3.05) is 26.9 Å². The molecule has 0 amide bonds. The minimum absolute atomic E-state index is 0.0678. The van der Waals surface area contributed by atoms with Crippen molar-refractivity contribution in [3.05, 3.63) is 51.4 Å². The number of methoxy groups -OCH3 is 1. The Morgan fingerprint density at radius 3 is 2.83 bits per heavy atom. The number of aliphatic carboxylic acids is 1. The van der Waals surface area contributed by atoms with Gasteiger partial charge < -0.3 is 19.3 Å². The lowest BCUT2D eigenvalue weighted by Crippen LogP contribution is -2.36. The van der Waals surface area contributed by atoms with Gasteiger partial charge in [-0.15, -0.1) is 0 Å². The van der Waals surface area contributed by atoms with Crippen LogP contribution in [0.15, 0.2) is 35.3 Å². The Balaban J connectivity index is 2.06. The van der Waals surface area contributed by atoms with Gasteiger partial charge in [-0.1, -0.05) is 11.6 Å². The maximum atomic E-state index is 12.8. The molecular weight excluding hydrogens is 400 g/mol. The number of nitrogens with zero attached hydrogens (tertiary/aromatic N) is 2. The molecule has 0 bridgehead atoms. The second kappa shape index (κ2) is 9.09. The molecule has 1 aromatic carbocycles. The zero-order valence-electron chi connectivity index (χ0n) is 15.6. The van der Waals surface area contributed by atoms with Gasteiger partial charge in [-0.2, -0.15) is 5.26 Å². The zero-order chi connectivity index (χ0) is 21.0. The van der Waals surface area contributed by atoms with Gasteiger partial charge >= 0.3 is 5.97 Å². The number of carboxylic acids is 1. The van der Waals surface area contributed by atoms with Crippen molar-refractivity contribution in [2.45, 2.75) is 18.6 Å². The van der Waals surface area contributed by atoms with E-state index in [1.54, 1.807) is 18.2 Å². The van der Waals surface area contributed by atoms with Crippen LogP contribution in [0.5, 0.6) is 5.75 Å². The molecule has 2 atom stereocenters. The van der Waals surface area contributed by atoms with Gasteiger partial charge in [0, 0.05) is 28.6 Å². The number of carbonyl (C=O) groups is 1. The summed E-state index contributed by atoms with van der Waals surface area (Å²) in [6.45, 7) is 1.10. The number of hydrogen-bond acceptors (Lipinski definition) is 6. The second-order valence-electron chi connectivity index (χ2n) is 6.46. The summed E-state index contributed by atoms with van der Waals surface area (Å²) >= 11 is 6.05. The standard InChI is InChI=1S/C20H19ClN2O6/c1-27-18-10-23(17(20(25)26)7-14-11-28-4-5-29-14)19(24)8-16(18)15-6-13(21)3-2-12(15)9-22/h2-3,6,8,10,14,17H,4-5,7,11H2,1H3,(H,25,26). The van der Waals surface area contributed by atoms with E-state index < -0.39 is 23.7 Å². The first-order valence-electron chi connectivity index (χ1n) is 8.87. The Bertz CT molecular complexity index is 1010. The fourth-order valence-corrected chi connectivity index (χ4v) is 3.41. The first-order valence-corrected chi connectivity index (χ1v) is 9.24. The second-order valence-corrected chi connectivity index (χ2v) is 6.90. The van der Waals surface area contributed by atoms with Gasteiger partial charge in [0.1, 0.15) is 11.8 Å². The van der Waals surface area contributed by atoms with E-state index in [9.17, 15) is 20.0 Å². The molecule has 0 radical (unpaired) electrons. The van der Waals surface area contributed by atoms with Gasteiger partial charge in [0.15, 0.2) is 0 Å². The molecule has 29 heavy (non-hydrogen) atoms. The summed E-state index contributed by atoms with van der Waals surface area (Å²) in [6, 6.07) is 6.82. The van der Waals surface area contributed by atoms with Crippen molar-refractivity contribution in [1.82, 2.24) is 4.57 Å². The van der Waals surface area contributed by atoms with E-state index in [0.29, 0.717) is 34.9 Å². The van der Waals surface area contributed by atoms with Crippen LogP contribution in [0.4, 0.5) is 0 Å². The number of pyridine rings is 1. The van der Waals surface area contributed by atoms with Gasteiger partial charge in [-0.05, 0) is 18.2 Å². The molecule has 1 N–H and O–H groups in total. The number of ether oxygens (including phenoxy) is 3. The molecule has 0 spiro atoms. The topological polar surface area (TPSA) is 111 Å². The van der Waals surface area contributed by atoms with Crippen molar-refractivity contribution in [3.8, 4) is 22.9 Å². The molecule has 1 aliphatic rings. The van der Waals surface area contributed by atoms with Crippen LogP contribution in [-0.2, 0) is 14.3 Å². The summed E-state index contributed by atoms with van der Waals surface area (Å²) in [5, 5.41) is 19.5. The summed E-state index contributed by atoms with van der Waals surface area (Å²) < 4.78 is 17.3. The highest BCUT2D eigenvalue weighted by atomic mass is 35.5. The number of carboxylic acid groups (broad SMARTS) is 1. The van der Waals surface area contributed by atoms with Crippen molar-refractivity contribution in [1.29, 1.82) is 5.26 Å². The van der Waals surface area contributed by atoms with Gasteiger partial charge in [-0.25, -0.2) is 4.79 Å². The molecule has 0 saturated carbocycles. The first-order chi connectivity index (χ1) is 13.9. The highest BCUT2D eigenvalue weighted by Gasteiger charge is 2.28. The van der Waals surface area contributed by atoms with E-state index in [4.69, 9.17) is 25.8 Å². The third-order valence-corrected chi connectivity index (χ3v) is 4.88. The maximum absolute atomic E-state index is 12.8. The van der Waals surface area contributed by atoms with Crippen LogP contribution >= 0.6 is 11.6 Å². The summed E-state index contributed by atoms with van der Waals surface area (Å²) in [4.78, 5) is 24.7. The normalized spacial score (nSPS) is 17.3. The summed E-state index contributed by atoms with van der Waals surface area (Å²) in [5.41, 5.74) is 0.548. The molecule has 2 aromatic rings. The molecule has 3 rings (SSSR count). The van der Waals surface area contributed by atoms with E-state index in [1.165, 1.54) is 19.4 Å². The quantitative estimate of drug-likeness (QED) is 0.767. The molecule has 1 aliphatic heterocycles. The monoisotopic (exact) mass is 418 g/mol. The van der Waals surface area contributed by atoms with Gasteiger partial charge in [0.25, 0.3) is 5.56 Å². The molecule has 1 fully saturated rings. The Hall–Kier alpha value is -2.86. The molecule has 8 nitrogen and oxygen atoms in total. The third kappa shape index (κ3) is 4.59. The summed E-state index contributed by atoms with van der Waals surface area (Å²) in [7, 11) is 1.40. The van der Waals surface area contributed by atoms with Gasteiger partial charge in [-0.3, -0.25) is 9.36 Å². The highest BCUT2D eigenvalue weighted by molar-refractivity contribution is 6.31. The minimum Gasteiger partial charge on any atom is -0.495 e. The minimum atomic E-state index is -1.17. The number of nitriles is 1. The summed E-state index contributed by atoms with van der Waals surface area (Å²) in [5.74, 6) is -0.924. The van der Waals surface area contributed by atoms with Gasteiger partial charge in [0.05, 0.1) is 50.9 Å². The van der Waals surface area contributed by atoms with Crippen molar-refractivity contribution in [3.63, 3.8) is 0 Å². The fourth-order valence-electron chi connectivity index (χ4n) is 3.24. The van der Waals surface area contributed by atoms with Crippen LogP contribution in [-0.4, -0.2) is 48.7 Å². The van der Waals surface area contributed by atoms with E-state index >= 15 is 0 Å². The molecule has 1 aromatic heterocycles. The first kappa shape index (κ1) is 20.9. The van der Waals surface area contributed by atoms with E-state index in [2.05, 4.69) is 6.07 Å². The van der Waals surface area contributed by atoms with Crippen molar-refractivity contribution >= 4 is 17.6 Å². The number of benzene rings is 1. The zero-order valence-corrected chi connectivity index (χ0v) is 16.4. The predicted octanol–water partition coefficient (Wildman–Crippen LogP) is 2.48. The van der Waals surface area contributed by atoms with E-state index in [0.717, 1.165) is 4.57 Å². The molecule has 0 aliphatic carbocycles. The number of rotatable bonds is 6. The summed E-state index contributed by atoms with van der Waals surface area (Å²) in [6.07, 6.45) is 0.973. The van der Waals surface area contributed by atoms with Crippen LogP contribution < -0.4 is 10.3 Å². The lowest BCUT2D eigenvalue weighted by Gasteiger charge is -2.26. The molecule has 9 heteroatoms. The number of aromatic nitrogens is 1. The Labute approximate surface area is 171 Å². The van der Waals surface area contributed by atoms with Crippen LogP contribution in [0.1, 0.15) is 18.0 Å². The third-order valence-electron chi connectivity index (χ3n) is 4.65. The lowest BCUT2D eigenvalue weighted by molar-refractivity contribution is -0.145. The average Bonchev–Trinajstić information content (AvgIpc) is 2.72. The van der Waals surface area contributed by atoms with Crippen LogP contribution in [0.2, 0.25) is 5.02 Å². The molecule has 2 heterocycles. The average molecular weight is 419 g/mol. The lowest BCUT2D eigenvalue weighted by atomic mass is 10.00. The Kier molecular flexibility index (Phi) is 6.54. The van der Waals surface area contributed by atoms with E-state index in [-0.39, 0.29) is 18.8 Å². The highest BCUT2D eigenvalue weighted by Crippen LogP contribution is 2.33. The maximum Gasteiger partial charge on any atom is 0.326 e. The van der Waals surface area contributed by atoms with Crippen molar-refractivity contribution in [2.24, 2.45) is 0 Å². The molecule has 2 unspecified atom stereocenters. The van der Waals surface area contributed by atoms with Crippen LogP contribution in [0, 0.1) is 11.3 Å². The molecule has 152 valence electrons.